The fourth-order valence-corrected chi connectivity index (χ4v) is 2.74. The lowest BCUT2D eigenvalue weighted by Gasteiger charge is -2.23. The van der Waals surface area contributed by atoms with E-state index in [1.165, 1.54) is 12.7 Å². The van der Waals surface area contributed by atoms with Gasteiger partial charge in [-0.1, -0.05) is 13.8 Å². The number of carbonyl (C=O) groups excluding carboxylic acids is 1. The molecule has 1 aliphatic rings. The molecule has 2 unspecified atom stereocenters. The van der Waals surface area contributed by atoms with Crippen molar-refractivity contribution in [2.24, 2.45) is 11.7 Å². The number of aromatic nitrogens is 4. The molecule has 3 rings (SSSR count). The molecular weight excluding hydrogens is 328 g/mol. The first kappa shape index (κ1) is 17.5. The SMILES string of the molecule is CC(C)C(N)C(=O)OC1C[C@@H](CO)O[C@H]1n1cnc2c(N)ncnc21. The Bertz CT molecular complexity index is 764. The lowest BCUT2D eigenvalue weighted by molar-refractivity contribution is -0.157. The minimum absolute atomic E-state index is 0.0523. The zero-order valence-electron chi connectivity index (χ0n) is 14.1. The molecule has 25 heavy (non-hydrogen) atoms. The first-order valence-corrected chi connectivity index (χ1v) is 8.07. The summed E-state index contributed by atoms with van der Waals surface area (Å²) in [6, 6.07) is -0.730. The molecule has 1 saturated heterocycles. The van der Waals surface area contributed by atoms with E-state index < -0.39 is 30.4 Å². The monoisotopic (exact) mass is 350 g/mol. The molecule has 1 aliphatic heterocycles. The highest BCUT2D eigenvalue weighted by molar-refractivity contribution is 5.81. The fraction of sp³-hybridized carbons (Fsp3) is 0.600. The van der Waals surface area contributed by atoms with Gasteiger partial charge in [0.25, 0.3) is 0 Å². The molecule has 0 saturated carbocycles. The lowest BCUT2D eigenvalue weighted by atomic mass is 10.1. The van der Waals surface area contributed by atoms with Crippen molar-refractivity contribution in [2.45, 2.75) is 44.7 Å². The van der Waals surface area contributed by atoms with Crippen LogP contribution in [0.3, 0.4) is 0 Å². The maximum atomic E-state index is 12.2. The summed E-state index contributed by atoms with van der Waals surface area (Å²) in [7, 11) is 0. The van der Waals surface area contributed by atoms with Gasteiger partial charge < -0.3 is 26.0 Å². The summed E-state index contributed by atoms with van der Waals surface area (Å²) in [5.41, 5.74) is 12.6. The summed E-state index contributed by atoms with van der Waals surface area (Å²) in [4.78, 5) is 24.5. The molecule has 0 aliphatic carbocycles. The van der Waals surface area contributed by atoms with E-state index in [1.54, 1.807) is 4.57 Å². The topological polar surface area (TPSA) is 151 Å². The summed E-state index contributed by atoms with van der Waals surface area (Å²) < 4.78 is 13.0. The number of aliphatic hydroxyl groups is 1. The third-order valence-corrected chi connectivity index (χ3v) is 4.27. The van der Waals surface area contributed by atoms with Crippen LogP contribution in [0.5, 0.6) is 0 Å². The standard InChI is InChI=1S/C15H22N6O4/c1-7(2)10(16)15(23)25-9-3-8(4-22)24-14(9)21-6-20-11-12(17)18-5-19-13(11)21/h5-10,14,22H,3-4,16H2,1-2H3,(H2,17,18,19)/t8-,9?,10?,14+/m0/s1. The largest absolute Gasteiger partial charge is 0.456 e. The van der Waals surface area contributed by atoms with Crippen molar-refractivity contribution in [1.29, 1.82) is 0 Å². The van der Waals surface area contributed by atoms with Gasteiger partial charge >= 0.3 is 5.97 Å². The number of nitrogens with zero attached hydrogens (tertiary/aromatic N) is 4. The molecule has 2 aromatic rings. The van der Waals surface area contributed by atoms with Crippen LogP contribution in [0.2, 0.25) is 0 Å². The van der Waals surface area contributed by atoms with E-state index in [9.17, 15) is 9.90 Å². The number of ether oxygens (including phenoxy) is 2. The molecule has 0 spiro atoms. The maximum Gasteiger partial charge on any atom is 0.323 e. The van der Waals surface area contributed by atoms with Crippen molar-refractivity contribution in [3.63, 3.8) is 0 Å². The van der Waals surface area contributed by atoms with Crippen LogP contribution in [-0.2, 0) is 14.3 Å². The molecule has 4 atom stereocenters. The summed E-state index contributed by atoms with van der Waals surface area (Å²) >= 11 is 0. The van der Waals surface area contributed by atoms with Crippen LogP contribution in [-0.4, -0.2) is 55.5 Å². The predicted molar refractivity (Wildman–Crippen MR) is 88.0 cm³/mol. The van der Waals surface area contributed by atoms with Gasteiger partial charge in [-0.2, -0.15) is 0 Å². The Kier molecular flexibility index (Phi) is 4.84. The minimum atomic E-state index is -0.730. The molecule has 0 aromatic carbocycles. The van der Waals surface area contributed by atoms with Gasteiger partial charge in [-0.25, -0.2) is 15.0 Å². The van der Waals surface area contributed by atoms with Crippen LogP contribution >= 0.6 is 0 Å². The molecule has 0 radical (unpaired) electrons. The second-order valence-corrected chi connectivity index (χ2v) is 6.40. The van der Waals surface area contributed by atoms with Crippen LogP contribution in [0, 0.1) is 5.92 Å². The molecule has 136 valence electrons. The van der Waals surface area contributed by atoms with E-state index >= 15 is 0 Å². The Hall–Kier alpha value is -2.30. The molecule has 3 heterocycles. The second kappa shape index (κ2) is 6.90. The number of imidazole rings is 1. The van der Waals surface area contributed by atoms with Gasteiger partial charge in [0, 0.05) is 6.42 Å². The van der Waals surface area contributed by atoms with Crippen molar-refractivity contribution in [3.05, 3.63) is 12.7 Å². The van der Waals surface area contributed by atoms with Gasteiger partial charge in [-0.15, -0.1) is 0 Å². The number of rotatable bonds is 5. The van der Waals surface area contributed by atoms with Crippen molar-refractivity contribution >= 4 is 23.0 Å². The van der Waals surface area contributed by atoms with Crippen molar-refractivity contribution in [1.82, 2.24) is 19.5 Å². The highest BCUT2D eigenvalue weighted by Crippen LogP contribution is 2.33. The van der Waals surface area contributed by atoms with Crippen LogP contribution < -0.4 is 11.5 Å². The normalized spacial score (nSPS) is 24.8. The Balaban J connectivity index is 1.89. The predicted octanol–water partition coefficient (Wildman–Crippen LogP) is -0.417. The van der Waals surface area contributed by atoms with Crippen molar-refractivity contribution in [3.8, 4) is 0 Å². The van der Waals surface area contributed by atoms with E-state index in [-0.39, 0.29) is 18.3 Å². The Labute approximate surface area is 144 Å². The Morgan fingerprint density at radius 2 is 2.24 bits per heavy atom. The van der Waals surface area contributed by atoms with Crippen LogP contribution in [0.4, 0.5) is 5.82 Å². The zero-order valence-corrected chi connectivity index (χ0v) is 14.1. The van der Waals surface area contributed by atoms with Gasteiger partial charge in [-0.05, 0) is 5.92 Å². The van der Waals surface area contributed by atoms with Crippen molar-refractivity contribution in [2.75, 3.05) is 12.3 Å². The number of hydrogen-bond acceptors (Lipinski definition) is 9. The van der Waals surface area contributed by atoms with E-state index in [4.69, 9.17) is 20.9 Å². The van der Waals surface area contributed by atoms with Gasteiger partial charge in [0.2, 0.25) is 0 Å². The maximum absolute atomic E-state index is 12.2. The van der Waals surface area contributed by atoms with Crippen LogP contribution in [0.1, 0.15) is 26.5 Å². The van der Waals surface area contributed by atoms with Gasteiger partial charge in [0.05, 0.1) is 19.0 Å². The third-order valence-electron chi connectivity index (χ3n) is 4.27. The number of anilines is 1. The Morgan fingerprint density at radius 3 is 2.92 bits per heavy atom. The van der Waals surface area contributed by atoms with Crippen LogP contribution in [0.15, 0.2) is 12.7 Å². The minimum Gasteiger partial charge on any atom is -0.456 e. The van der Waals surface area contributed by atoms with E-state index in [1.807, 2.05) is 13.8 Å². The van der Waals surface area contributed by atoms with Crippen molar-refractivity contribution < 1.29 is 19.4 Å². The van der Waals surface area contributed by atoms with Gasteiger partial charge in [0.15, 0.2) is 17.7 Å². The molecule has 10 heteroatoms. The zero-order chi connectivity index (χ0) is 18.1. The summed E-state index contributed by atoms with van der Waals surface area (Å²) in [5.74, 6) is -0.315. The molecule has 1 fully saturated rings. The third kappa shape index (κ3) is 3.28. The number of carbonyl (C=O) groups is 1. The number of hydrogen-bond donors (Lipinski definition) is 3. The first-order valence-electron chi connectivity index (χ1n) is 8.07. The first-order chi connectivity index (χ1) is 11.9. The average Bonchev–Trinajstić information content (AvgIpc) is 3.18. The molecule has 0 bridgehead atoms. The number of fused-ring (bicyclic) bond motifs is 1. The summed E-state index contributed by atoms with van der Waals surface area (Å²) in [6.45, 7) is 3.49. The molecule has 5 N–H and O–H groups in total. The smallest absolute Gasteiger partial charge is 0.323 e. The van der Waals surface area contributed by atoms with E-state index in [0.717, 1.165) is 0 Å². The molecular formula is C15H22N6O4. The molecule has 0 amide bonds. The summed E-state index contributed by atoms with van der Waals surface area (Å²) in [5, 5.41) is 9.43. The molecule has 10 nitrogen and oxygen atoms in total. The fourth-order valence-electron chi connectivity index (χ4n) is 2.74. The summed E-state index contributed by atoms with van der Waals surface area (Å²) in [6.07, 6.45) is 1.41. The lowest BCUT2D eigenvalue weighted by Crippen LogP contribution is -2.40. The number of nitrogens with two attached hydrogens (primary N) is 2. The number of aliphatic hydroxyl groups excluding tert-OH is 1. The Morgan fingerprint density at radius 1 is 1.48 bits per heavy atom. The number of esters is 1. The average molecular weight is 350 g/mol. The van der Waals surface area contributed by atoms with Gasteiger partial charge in [0.1, 0.15) is 24.0 Å². The molecule has 2 aromatic heterocycles. The second-order valence-electron chi connectivity index (χ2n) is 6.40. The van der Waals surface area contributed by atoms with E-state index in [2.05, 4.69) is 15.0 Å². The van der Waals surface area contributed by atoms with Crippen LogP contribution in [0.25, 0.3) is 11.2 Å². The highest BCUT2D eigenvalue weighted by atomic mass is 16.6. The van der Waals surface area contributed by atoms with E-state index in [0.29, 0.717) is 17.6 Å². The number of nitrogen functional groups attached to an aromatic ring is 1. The van der Waals surface area contributed by atoms with Gasteiger partial charge in [-0.3, -0.25) is 9.36 Å². The highest BCUT2D eigenvalue weighted by Gasteiger charge is 2.40. The quantitative estimate of drug-likeness (QED) is 0.611.